The first-order chi connectivity index (χ1) is 63.3. The molecule has 20 heteroatoms. The van der Waals surface area contributed by atoms with Gasteiger partial charge in [0.25, 0.3) is 35.4 Å². The molecule has 4 aliphatic heterocycles. The smallest absolute Gasteiger partial charge is 0.338 e. The fourth-order valence-corrected chi connectivity index (χ4v) is 22.4. The van der Waals surface area contributed by atoms with E-state index in [0.717, 1.165) is 116 Å². The molecule has 0 aromatic heterocycles. The Hall–Kier alpha value is -14.8. The number of piperidine rings is 1. The van der Waals surface area contributed by atoms with E-state index in [9.17, 15) is 28.8 Å². The number of hydrogen-bond donors (Lipinski definition) is 0. The van der Waals surface area contributed by atoms with Crippen molar-refractivity contribution in [2.24, 2.45) is 0 Å². The number of ketones is 4. The van der Waals surface area contributed by atoms with Crippen molar-refractivity contribution < 1.29 is 76.5 Å². The molecule has 23 rings (SSSR count). The average molecular weight is 1720 g/mol. The Bertz CT molecular complexity index is 7630. The zero-order valence-electron chi connectivity index (χ0n) is 71.9. The molecule has 1 atom stereocenters. The molecule has 640 valence electrons. The summed E-state index contributed by atoms with van der Waals surface area (Å²) >= 11 is 0. The van der Waals surface area contributed by atoms with Gasteiger partial charge in [-0.3, -0.25) is 67.5 Å². The highest BCUT2D eigenvalue weighted by Crippen LogP contribution is 2.56. The molecule has 0 spiro atoms. The molecule has 0 N–H and O–H groups in total. The number of carbonyl (C=O) groups is 12. The molecule has 2 fully saturated rings. The predicted octanol–water partition coefficient (Wildman–Crippen LogP) is 22.6. The molecule has 2 aliphatic carbocycles. The third-order valence-electron chi connectivity index (χ3n) is 28.6. The molecule has 17 aromatic carbocycles. The summed E-state index contributed by atoms with van der Waals surface area (Å²) in [6, 6.07) is 52.8. The average Bonchev–Trinajstić information content (AvgIpc) is 0.691. The topological polar surface area (TPSA) is 255 Å². The lowest BCUT2D eigenvalue weighted by Gasteiger charge is -2.37. The summed E-state index contributed by atoms with van der Waals surface area (Å²) in [5.74, 6) is -3.50. The SMILES string of the molecule is CCCCOC(=O)c1ccc2c3ccc4c5c(ccc(c6ccc(C(=O)OCCCC)c1c26)c53)C(=O)N(CCc1ccc(Oc2cc3c5c(ccc6c7c(Oc8ccc(CCN9C(=O)c%10ccc%11c%12ccc(C(C)=O)c%13c(C(C)=O)ccc(c%14ccc(c%10c%11%14)C9=O)c%13%12)cc8)cc8c9c(ccc(c2c56)c97)C(=O)N(C2CCCCC2)C8=O)C(=O)C(N2CCCCC2)C3=O)cc1)C4=O. The van der Waals surface area contributed by atoms with Crippen molar-refractivity contribution >= 4 is 200 Å². The number of ether oxygens (including phenoxy) is 4. The van der Waals surface area contributed by atoms with Gasteiger partial charge < -0.3 is 18.9 Å². The summed E-state index contributed by atoms with van der Waals surface area (Å²) in [7, 11) is 0. The van der Waals surface area contributed by atoms with E-state index in [0.29, 0.717) is 176 Å². The summed E-state index contributed by atoms with van der Waals surface area (Å²) < 4.78 is 25.9. The maximum absolute atomic E-state index is 15.7. The van der Waals surface area contributed by atoms with Gasteiger partial charge in [0, 0.05) is 123 Å². The summed E-state index contributed by atoms with van der Waals surface area (Å²) in [5.41, 5.74) is 5.63. The molecule has 17 aromatic rings. The number of nitrogens with zero attached hydrogens (tertiary/aromatic N) is 4. The minimum atomic E-state index is -1.09. The Balaban J connectivity index is 0.581. The van der Waals surface area contributed by atoms with Crippen LogP contribution in [0.4, 0.5) is 0 Å². The number of likely N-dealkylation sites (tertiary alicyclic amines) is 1. The summed E-state index contributed by atoms with van der Waals surface area (Å²) in [4.78, 5) is 182. The molecule has 0 radical (unpaired) electrons. The van der Waals surface area contributed by atoms with Gasteiger partial charge in [0.2, 0.25) is 0 Å². The number of benzene rings is 17. The largest absolute Gasteiger partial charge is 0.462 e. The lowest BCUT2D eigenvalue weighted by Crippen LogP contribution is -2.50. The molecular formula is C110H84N4O16. The van der Waals surface area contributed by atoms with E-state index in [1.807, 2.05) is 104 Å². The molecule has 4 heterocycles. The van der Waals surface area contributed by atoms with Gasteiger partial charge in [-0.1, -0.05) is 156 Å². The van der Waals surface area contributed by atoms with Crippen molar-refractivity contribution in [2.75, 3.05) is 39.4 Å². The van der Waals surface area contributed by atoms with E-state index in [1.54, 1.807) is 97.1 Å². The molecule has 6 aliphatic rings. The second-order valence-corrected chi connectivity index (χ2v) is 35.8. The van der Waals surface area contributed by atoms with Crippen molar-refractivity contribution in [3.05, 3.63) is 260 Å². The third kappa shape index (κ3) is 11.8. The number of esters is 2. The van der Waals surface area contributed by atoms with Crippen LogP contribution in [0.3, 0.4) is 0 Å². The van der Waals surface area contributed by atoms with Crippen LogP contribution in [0.2, 0.25) is 0 Å². The van der Waals surface area contributed by atoms with Crippen LogP contribution in [-0.2, 0) is 22.3 Å². The van der Waals surface area contributed by atoms with Gasteiger partial charge in [0.15, 0.2) is 23.1 Å². The molecule has 0 bridgehead atoms. The van der Waals surface area contributed by atoms with Gasteiger partial charge >= 0.3 is 11.9 Å². The Morgan fingerprint density at radius 2 is 0.662 bits per heavy atom. The monoisotopic (exact) mass is 1720 g/mol. The quantitative estimate of drug-likeness (QED) is 0.0116. The lowest BCUT2D eigenvalue weighted by molar-refractivity contribution is 0.0486. The molecule has 1 saturated heterocycles. The second-order valence-electron chi connectivity index (χ2n) is 35.8. The molecule has 130 heavy (non-hydrogen) atoms. The lowest BCUT2D eigenvalue weighted by atomic mass is 9.77. The molecule has 1 saturated carbocycles. The normalized spacial score (nSPS) is 16.2. The molecule has 20 nitrogen and oxygen atoms in total. The fourth-order valence-electron chi connectivity index (χ4n) is 22.4. The summed E-state index contributed by atoms with van der Waals surface area (Å²) in [5, 5.41) is 15.2. The van der Waals surface area contributed by atoms with E-state index >= 15 is 28.8 Å². The van der Waals surface area contributed by atoms with Crippen LogP contribution < -0.4 is 9.47 Å². The zero-order valence-corrected chi connectivity index (χ0v) is 71.9. The predicted molar refractivity (Wildman–Crippen MR) is 500 cm³/mol. The van der Waals surface area contributed by atoms with Crippen molar-refractivity contribution in [1.82, 2.24) is 19.6 Å². The first-order valence-corrected chi connectivity index (χ1v) is 45.3. The number of Topliss-reactive ketones (excluding diaryl/α,β-unsaturated/α-hetero) is 4. The van der Waals surface area contributed by atoms with E-state index < -0.39 is 53.4 Å². The van der Waals surface area contributed by atoms with Gasteiger partial charge in [0.05, 0.1) is 29.9 Å². The Kier molecular flexibility index (Phi) is 18.7. The van der Waals surface area contributed by atoms with Gasteiger partial charge in [-0.2, -0.15) is 0 Å². The highest BCUT2D eigenvalue weighted by molar-refractivity contribution is 6.46. The maximum atomic E-state index is 15.7. The van der Waals surface area contributed by atoms with Crippen LogP contribution in [0, 0.1) is 0 Å². The van der Waals surface area contributed by atoms with Crippen LogP contribution in [-0.4, -0.2) is 142 Å². The van der Waals surface area contributed by atoms with E-state index in [-0.39, 0.29) is 96.5 Å². The minimum Gasteiger partial charge on any atom is -0.462 e. The number of unbranched alkanes of at least 4 members (excludes halogenated alkanes) is 2. The Morgan fingerprint density at radius 1 is 0.323 bits per heavy atom. The third-order valence-corrected chi connectivity index (χ3v) is 28.6. The van der Waals surface area contributed by atoms with Crippen LogP contribution in [0.5, 0.6) is 23.0 Å². The van der Waals surface area contributed by atoms with Crippen LogP contribution in [0.25, 0.3) is 129 Å². The fraction of sp³-hybridized carbons (Fsp3) is 0.236. The van der Waals surface area contributed by atoms with Gasteiger partial charge in [-0.25, -0.2) is 9.59 Å². The van der Waals surface area contributed by atoms with Crippen LogP contribution >= 0.6 is 0 Å². The Morgan fingerprint density at radius 3 is 1.08 bits per heavy atom. The Labute approximate surface area is 743 Å². The molecule has 6 amide bonds. The minimum absolute atomic E-state index is 0.0209. The summed E-state index contributed by atoms with van der Waals surface area (Å²) in [6.07, 6.45) is 10.1. The molecule has 1 unspecified atom stereocenters. The van der Waals surface area contributed by atoms with Crippen LogP contribution in [0.15, 0.2) is 182 Å². The maximum Gasteiger partial charge on any atom is 0.338 e. The number of carbonyl (C=O) groups excluding carboxylic acids is 12. The van der Waals surface area contributed by atoms with Gasteiger partial charge in [-0.05, 0) is 244 Å². The van der Waals surface area contributed by atoms with Crippen molar-refractivity contribution in [3.63, 3.8) is 0 Å². The van der Waals surface area contributed by atoms with Crippen LogP contribution in [0.1, 0.15) is 240 Å². The van der Waals surface area contributed by atoms with E-state index in [2.05, 4.69) is 0 Å². The second kappa shape index (κ2) is 30.5. The molecular weight excluding hydrogens is 1630 g/mol. The van der Waals surface area contributed by atoms with Gasteiger partial charge in [-0.15, -0.1) is 0 Å². The first-order valence-electron chi connectivity index (χ1n) is 45.3. The number of hydrogen-bond acceptors (Lipinski definition) is 17. The number of imide groups is 3. The highest BCUT2D eigenvalue weighted by Gasteiger charge is 2.46. The van der Waals surface area contributed by atoms with Crippen molar-refractivity contribution in [3.8, 4) is 23.0 Å². The van der Waals surface area contributed by atoms with E-state index in [1.165, 1.54) is 28.5 Å². The number of amides is 6. The highest BCUT2D eigenvalue weighted by atomic mass is 16.5. The van der Waals surface area contributed by atoms with Crippen molar-refractivity contribution in [2.45, 2.75) is 130 Å². The zero-order chi connectivity index (χ0) is 88.8. The number of fused-ring (bicyclic) bond motifs is 6. The first kappa shape index (κ1) is 79.9. The standard InChI is InChI=1S/C110H84N4O16/c1-5-7-51-127-109(125)80-43-33-70-68-31-40-77-93-78(41-32-69(89(68)93)71-34-44-81(95(80)90(70)71)110(126)128-52-8-6-2)106(122)113(105(77)121)49-45-57-17-21-60(22-18-57)129-84-53-82-91-74(101(117)100(102(82)118)111-47-13-10-14-48-111)37-35-72-97-85(54-83-94-79(42-36-73(99(94)97)96(84)98(72)91)107(123)114(108(83)124)59-15-11-9-12-16-59)130-61-23-19-58(20-24-61)46-50-112-103(119)75-38-29-66-64-27-25-62(55(3)115)86-63(56(4)116)26-28-65(87(64)86)67-30-39-76(104(112)120)92(75)88(66)67/h17-44,53-54,59,100H,5-16,45-52H2,1-4H3. The summed E-state index contributed by atoms with van der Waals surface area (Å²) in [6.45, 7) is 8.60. The van der Waals surface area contributed by atoms with E-state index in [4.69, 9.17) is 18.9 Å². The van der Waals surface area contributed by atoms with Gasteiger partial charge in [0.1, 0.15) is 29.0 Å². The van der Waals surface area contributed by atoms with Crippen molar-refractivity contribution in [1.29, 1.82) is 0 Å². The number of rotatable bonds is 22.